The molecule has 1 heterocycles. The minimum Gasteiger partial charge on any atom is -0.259 e. The van der Waals surface area contributed by atoms with Crippen LogP contribution >= 0.6 is 15.9 Å². The Hall–Kier alpha value is -1.09. The maximum atomic E-state index is 12.2. The fourth-order valence-corrected chi connectivity index (χ4v) is 1.44. The molecule has 0 fully saturated rings. The smallest absolute Gasteiger partial charge is 0.259 e. The van der Waals surface area contributed by atoms with Gasteiger partial charge in [-0.15, -0.1) is 0 Å². The minimum atomic E-state index is -4.39. The Bertz CT molecular complexity index is 366. The maximum absolute atomic E-state index is 12.2. The summed E-state index contributed by atoms with van der Waals surface area (Å²) < 4.78 is 36.5. The number of rotatable bonds is 2. The zero-order valence-electron chi connectivity index (χ0n) is 7.42. The monoisotopic (exact) mass is 278 g/mol. The van der Waals surface area contributed by atoms with Crippen LogP contribution in [-0.4, -0.2) is 10.3 Å². The van der Waals surface area contributed by atoms with Crippen LogP contribution in [0.25, 0.3) is 0 Å². The van der Waals surface area contributed by atoms with Crippen LogP contribution in [0.2, 0.25) is 0 Å². The number of nitriles is 1. The molecule has 15 heavy (non-hydrogen) atoms. The summed E-state index contributed by atoms with van der Waals surface area (Å²) in [5.41, 5.74) is -0.472. The van der Waals surface area contributed by atoms with Gasteiger partial charge in [-0.25, -0.2) is 0 Å². The van der Waals surface area contributed by atoms with Gasteiger partial charge in [-0.3, -0.25) is 4.98 Å². The van der Waals surface area contributed by atoms with Crippen LogP contribution in [0.15, 0.2) is 18.3 Å². The third-order valence-electron chi connectivity index (χ3n) is 1.78. The van der Waals surface area contributed by atoms with E-state index in [0.29, 0.717) is 11.0 Å². The summed E-state index contributed by atoms with van der Waals surface area (Å²) in [6.45, 7) is 0. The van der Waals surface area contributed by atoms with Gasteiger partial charge in [0, 0.05) is 11.5 Å². The molecule has 0 aromatic carbocycles. The zero-order chi connectivity index (χ0) is 11.5. The van der Waals surface area contributed by atoms with Crippen LogP contribution in [0.1, 0.15) is 17.2 Å². The molecule has 0 spiro atoms. The highest BCUT2D eigenvalue weighted by Crippen LogP contribution is 2.29. The Labute approximate surface area is 92.9 Å². The number of alkyl halides is 4. The summed E-state index contributed by atoms with van der Waals surface area (Å²) >= 11 is 3.09. The lowest BCUT2D eigenvalue weighted by atomic mass is 10.1. The fraction of sp³-hybridized carbons (Fsp3) is 0.333. The Balaban J connectivity index is 2.96. The first-order valence-corrected chi connectivity index (χ1v) is 5.10. The van der Waals surface area contributed by atoms with Gasteiger partial charge in [-0.1, -0.05) is 15.9 Å². The second kappa shape index (κ2) is 4.62. The quantitative estimate of drug-likeness (QED) is 0.780. The first-order valence-electron chi connectivity index (χ1n) is 3.97. The van der Waals surface area contributed by atoms with Crippen molar-refractivity contribution in [1.29, 1.82) is 5.26 Å². The van der Waals surface area contributed by atoms with Gasteiger partial charge in [0.25, 0.3) is 0 Å². The molecular formula is C9H6BrF3N2. The molecule has 0 N–H and O–H groups in total. The molecule has 80 valence electrons. The molecule has 1 rings (SSSR count). The van der Waals surface area contributed by atoms with Gasteiger partial charge in [0.05, 0.1) is 23.2 Å². The number of halogens is 4. The van der Waals surface area contributed by atoms with Gasteiger partial charge in [0.15, 0.2) is 0 Å². The lowest BCUT2D eigenvalue weighted by molar-refractivity contribution is -0.137. The molecule has 0 saturated carbocycles. The second-order valence-electron chi connectivity index (χ2n) is 2.81. The molecular weight excluding hydrogens is 273 g/mol. The van der Waals surface area contributed by atoms with Gasteiger partial charge >= 0.3 is 6.18 Å². The lowest BCUT2D eigenvalue weighted by Crippen LogP contribution is -2.07. The summed E-state index contributed by atoms with van der Waals surface area (Å²) in [7, 11) is 0. The van der Waals surface area contributed by atoms with Crippen molar-refractivity contribution < 1.29 is 13.2 Å². The summed E-state index contributed by atoms with van der Waals surface area (Å²) in [6, 6.07) is 4.08. The van der Waals surface area contributed by atoms with Crippen LogP contribution in [0.5, 0.6) is 0 Å². The van der Waals surface area contributed by atoms with E-state index < -0.39 is 17.7 Å². The first-order chi connectivity index (χ1) is 6.99. The molecule has 0 aliphatic rings. The van der Waals surface area contributed by atoms with Crippen molar-refractivity contribution in [1.82, 2.24) is 4.98 Å². The fourth-order valence-electron chi connectivity index (χ4n) is 0.959. The molecule has 1 unspecified atom stereocenters. The van der Waals surface area contributed by atoms with Gasteiger partial charge in [0.1, 0.15) is 0 Å². The average molecular weight is 279 g/mol. The molecule has 0 radical (unpaired) electrons. The number of pyridine rings is 1. The van der Waals surface area contributed by atoms with E-state index in [-0.39, 0.29) is 0 Å². The predicted molar refractivity (Wildman–Crippen MR) is 51.4 cm³/mol. The Kier molecular flexibility index (Phi) is 3.69. The molecule has 0 bridgehead atoms. The van der Waals surface area contributed by atoms with E-state index >= 15 is 0 Å². The highest BCUT2D eigenvalue weighted by molar-refractivity contribution is 9.09. The Morgan fingerprint density at radius 3 is 2.47 bits per heavy atom. The van der Waals surface area contributed by atoms with E-state index in [9.17, 15) is 13.2 Å². The van der Waals surface area contributed by atoms with Gasteiger partial charge < -0.3 is 0 Å². The lowest BCUT2D eigenvalue weighted by Gasteiger charge is -2.08. The third kappa shape index (κ3) is 2.93. The van der Waals surface area contributed by atoms with Crippen molar-refractivity contribution in [2.45, 2.75) is 12.1 Å². The van der Waals surface area contributed by atoms with Gasteiger partial charge in [-0.05, 0) is 12.1 Å². The third-order valence-corrected chi connectivity index (χ3v) is 2.43. The van der Waals surface area contributed by atoms with Gasteiger partial charge in [0.2, 0.25) is 0 Å². The topological polar surface area (TPSA) is 36.7 Å². The van der Waals surface area contributed by atoms with Crippen LogP contribution in [0.4, 0.5) is 13.2 Å². The van der Waals surface area contributed by atoms with Crippen molar-refractivity contribution in [3.05, 3.63) is 29.6 Å². The van der Waals surface area contributed by atoms with Gasteiger partial charge in [-0.2, -0.15) is 18.4 Å². The second-order valence-corrected chi connectivity index (χ2v) is 3.45. The number of hydrogen-bond acceptors (Lipinski definition) is 2. The van der Waals surface area contributed by atoms with Crippen molar-refractivity contribution in [3.8, 4) is 6.07 Å². The van der Waals surface area contributed by atoms with E-state index in [4.69, 9.17) is 5.26 Å². The van der Waals surface area contributed by atoms with Crippen LogP contribution in [-0.2, 0) is 6.18 Å². The normalized spacial score (nSPS) is 13.3. The largest absolute Gasteiger partial charge is 0.417 e. The Morgan fingerprint density at radius 2 is 2.13 bits per heavy atom. The average Bonchev–Trinajstić information content (AvgIpc) is 2.19. The standard InChI is InChI=1S/C9H6BrF3N2/c10-3-6(4-14)8-2-1-7(5-15-8)9(11,12)13/h1-2,5-6H,3H2. The number of aromatic nitrogens is 1. The first kappa shape index (κ1) is 12.0. The van der Waals surface area contributed by atoms with E-state index in [0.717, 1.165) is 12.3 Å². The highest BCUT2D eigenvalue weighted by atomic mass is 79.9. The summed E-state index contributed by atoms with van der Waals surface area (Å²) in [5.74, 6) is -0.521. The van der Waals surface area contributed by atoms with Crippen LogP contribution < -0.4 is 0 Å². The zero-order valence-corrected chi connectivity index (χ0v) is 9.01. The van der Waals surface area contributed by atoms with Crippen molar-refractivity contribution >= 4 is 15.9 Å². The molecule has 0 saturated heterocycles. The SMILES string of the molecule is N#CC(CBr)c1ccc(C(F)(F)F)cn1. The van der Waals surface area contributed by atoms with Crippen molar-refractivity contribution in [2.24, 2.45) is 0 Å². The molecule has 0 aliphatic carbocycles. The summed E-state index contributed by atoms with van der Waals surface area (Å²) in [6.07, 6.45) is -3.65. The van der Waals surface area contributed by atoms with E-state index in [2.05, 4.69) is 20.9 Å². The molecule has 0 amide bonds. The predicted octanol–water partition coefficient (Wildman–Crippen LogP) is 3.10. The van der Waals surface area contributed by atoms with E-state index in [1.54, 1.807) is 0 Å². The molecule has 1 aromatic heterocycles. The number of hydrogen-bond donors (Lipinski definition) is 0. The van der Waals surface area contributed by atoms with Crippen molar-refractivity contribution in [2.75, 3.05) is 5.33 Å². The number of nitrogens with zero attached hydrogens (tertiary/aromatic N) is 2. The van der Waals surface area contributed by atoms with Crippen LogP contribution in [0, 0.1) is 11.3 Å². The molecule has 2 nitrogen and oxygen atoms in total. The highest BCUT2D eigenvalue weighted by Gasteiger charge is 2.30. The molecule has 0 aliphatic heterocycles. The molecule has 1 atom stereocenters. The molecule has 1 aromatic rings. The Morgan fingerprint density at radius 1 is 1.47 bits per heavy atom. The van der Waals surface area contributed by atoms with Crippen molar-refractivity contribution in [3.63, 3.8) is 0 Å². The summed E-state index contributed by atoms with van der Waals surface area (Å²) in [4.78, 5) is 3.61. The van der Waals surface area contributed by atoms with E-state index in [1.165, 1.54) is 6.07 Å². The maximum Gasteiger partial charge on any atom is 0.417 e. The molecule has 6 heteroatoms. The van der Waals surface area contributed by atoms with Crippen LogP contribution in [0.3, 0.4) is 0 Å². The summed E-state index contributed by atoms with van der Waals surface area (Å²) in [5, 5.41) is 9.02. The minimum absolute atomic E-state index is 0.336. The van der Waals surface area contributed by atoms with E-state index in [1.807, 2.05) is 6.07 Å².